The molecule has 5 nitrogen and oxygen atoms in total. The first-order valence-corrected chi connectivity index (χ1v) is 7.27. The van der Waals surface area contributed by atoms with Crippen molar-refractivity contribution in [2.75, 3.05) is 7.11 Å². The lowest BCUT2D eigenvalue weighted by atomic mass is 9.89. The molecule has 2 rings (SSSR count). The Hall–Kier alpha value is -1.39. The van der Waals surface area contributed by atoms with Crippen molar-refractivity contribution in [3.63, 3.8) is 0 Å². The van der Waals surface area contributed by atoms with Crippen LogP contribution in [0.2, 0.25) is 0 Å². The SMILES string of the molecule is CCCc1c(C(=O)OC)nnn1CC1CCCCC1. The quantitative estimate of drug-likeness (QED) is 0.768. The molecule has 0 unspecified atom stereocenters. The van der Waals surface area contributed by atoms with Crippen LogP contribution >= 0.6 is 0 Å². The first kappa shape index (κ1) is 14.0. The Morgan fingerprint density at radius 2 is 2.11 bits per heavy atom. The Labute approximate surface area is 114 Å². The molecule has 1 aromatic heterocycles. The number of nitrogens with zero attached hydrogens (tertiary/aromatic N) is 3. The first-order valence-electron chi connectivity index (χ1n) is 7.27. The van der Waals surface area contributed by atoms with Crippen molar-refractivity contribution in [1.82, 2.24) is 15.0 Å². The first-order chi connectivity index (χ1) is 9.26. The number of hydrogen-bond acceptors (Lipinski definition) is 4. The number of esters is 1. The summed E-state index contributed by atoms with van der Waals surface area (Å²) in [5, 5.41) is 8.17. The maximum atomic E-state index is 11.7. The lowest BCUT2D eigenvalue weighted by molar-refractivity contribution is 0.0592. The molecular formula is C14H23N3O2. The third-order valence-electron chi connectivity index (χ3n) is 3.86. The van der Waals surface area contributed by atoms with Crippen LogP contribution in [0.4, 0.5) is 0 Å². The van der Waals surface area contributed by atoms with Gasteiger partial charge in [-0.3, -0.25) is 0 Å². The summed E-state index contributed by atoms with van der Waals surface area (Å²) in [5.41, 5.74) is 1.32. The van der Waals surface area contributed by atoms with E-state index in [1.807, 2.05) is 4.68 Å². The second-order valence-corrected chi connectivity index (χ2v) is 5.31. The molecule has 0 spiro atoms. The van der Waals surface area contributed by atoms with E-state index < -0.39 is 0 Å². The van der Waals surface area contributed by atoms with E-state index in [9.17, 15) is 4.79 Å². The number of methoxy groups -OCH3 is 1. The molecule has 1 heterocycles. The Bertz CT molecular complexity index is 422. The van der Waals surface area contributed by atoms with Gasteiger partial charge in [0.2, 0.25) is 0 Å². The average molecular weight is 265 g/mol. The smallest absolute Gasteiger partial charge is 0.360 e. The summed E-state index contributed by atoms with van der Waals surface area (Å²) in [5.74, 6) is 0.301. The molecule has 0 bridgehead atoms. The molecule has 0 aromatic carbocycles. The van der Waals surface area contributed by atoms with Gasteiger partial charge < -0.3 is 4.74 Å². The standard InChI is InChI=1S/C14H23N3O2/c1-3-7-12-13(14(18)19-2)15-16-17(12)10-11-8-5-4-6-9-11/h11H,3-10H2,1-2H3. The van der Waals surface area contributed by atoms with Crippen molar-refractivity contribution in [1.29, 1.82) is 0 Å². The van der Waals surface area contributed by atoms with E-state index in [4.69, 9.17) is 4.74 Å². The lowest BCUT2D eigenvalue weighted by Gasteiger charge is -2.21. The van der Waals surface area contributed by atoms with Crippen LogP contribution in [-0.2, 0) is 17.7 Å². The van der Waals surface area contributed by atoms with E-state index in [1.54, 1.807) is 0 Å². The van der Waals surface area contributed by atoms with Gasteiger partial charge in [-0.2, -0.15) is 0 Å². The van der Waals surface area contributed by atoms with Gasteiger partial charge in [-0.1, -0.05) is 37.8 Å². The van der Waals surface area contributed by atoms with Crippen molar-refractivity contribution in [3.8, 4) is 0 Å². The molecule has 0 aliphatic heterocycles. The van der Waals surface area contributed by atoms with Gasteiger partial charge in [-0.05, 0) is 25.2 Å². The van der Waals surface area contributed by atoms with Gasteiger partial charge in [0.05, 0.1) is 12.8 Å². The van der Waals surface area contributed by atoms with E-state index in [2.05, 4.69) is 17.2 Å². The van der Waals surface area contributed by atoms with Gasteiger partial charge in [-0.15, -0.1) is 5.10 Å². The number of carbonyl (C=O) groups is 1. The minimum absolute atomic E-state index is 0.377. The highest BCUT2D eigenvalue weighted by molar-refractivity contribution is 5.88. The Morgan fingerprint density at radius 1 is 1.37 bits per heavy atom. The summed E-state index contributed by atoms with van der Waals surface area (Å²) < 4.78 is 6.69. The summed E-state index contributed by atoms with van der Waals surface area (Å²) in [6, 6.07) is 0. The zero-order valence-corrected chi connectivity index (χ0v) is 11.9. The van der Waals surface area contributed by atoms with Crippen LogP contribution in [0.5, 0.6) is 0 Å². The molecule has 1 saturated carbocycles. The van der Waals surface area contributed by atoms with Gasteiger partial charge in [-0.25, -0.2) is 9.48 Å². The largest absolute Gasteiger partial charge is 0.464 e. The number of hydrogen-bond donors (Lipinski definition) is 0. The van der Waals surface area contributed by atoms with Crippen LogP contribution in [0.3, 0.4) is 0 Å². The average Bonchev–Trinajstić information content (AvgIpc) is 2.83. The molecule has 1 aliphatic rings. The molecule has 1 aromatic rings. The Balaban J connectivity index is 2.14. The van der Waals surface area contributed by atoms with Gasteiger partial charge >= 0.3 is 5.97 Å². The Kier molecular flexibility index (Phi) is 4.93. The predicted octanol–water partition coefficient (Wildman–Crippen LogP) is 2.60. The highest BCUT2D eigenvalue weighted by atomic mass is 16.5. The molecule has 5 heteroatoms. The zero-order chi connectivity index (χ0) is 13.7. The van der Waals surface area contributed by atoms with Crippen molar-refractivity contribution < 1.29 is 9.53 Å². The third kappa shape index (κ3) is 3.33. The minimum atomic E-state index is -0.377. The second kappa shape index (κ2) is 6.68. The third-order valence-corrected chi connectivity index (χ3v) is 3.86. The van der Waals surface area contributed by atoms with Gasteiger partial charge in [0.15, 0.2) is 5.69 Å². The summed E-state index contributed by atoms with van der Waals surface area (Å²) in [6.07, 6.45) is 8.30. The lowest BCUT2D eigenvalue weighted by Crippen LogP contribution is -2.17. The van der Waals surface area contributed by atoms with Crippen LogP contribution in [0.1, 0.15) is 61.6 Å². The molecule has 1 aliphatic carbocycles. The van der Waals surface area contributed by atoms with Crippen molar-refractivity contribution in [2.45, 2.75) is 58.4 Å². The fraction of sp³-hybridized carbons (Fsp3) is 0.786. The number of aromatic nitrogens is 3. The summed E-state index contributed by atoms with van der Waals surface area (Å²) in [4.78, 5) is 11.7. The normalized spacial score (nSPS) is 16.5. The van der Waals surface area contributed by atoms with Gasteiger partial charge in [0.25, 0.3) is 0 Å². The minimum Gasteiger partial charge on any atom is -0.464 e. The summed E-state index contributed by atoms with van der Waals surface area (Å²) >= 11 is 0. The van der Waals surface area contributed by atoms with E-state index in [0.717, 1.165) is 25.1 Å². The molecule has 0 saturated heterocycles. The van der Waals surface area contributed by atoms with Crippen LogP contribution < -0.4 is 0 Å². The molecular weight excluding hydrogens is 242 g/mol. The van der Waals surface area contributed by atoms with Crippen molar-refractivity contribution in [3.05, 3.63) is 11.4 Å². The highest BCUT2D eigenvalue weighted by Crippen LogP contribution is 2.25. The second-order valence-electron chi connectivity index (χ2n) is 5.31. The molecule has 106 valence electrons. The Morgan fingerprint density at radius 3 is 2.74 bits per heavy atom. The predicted molar refractivity (Wildman–Crippen MR) is 71.9 cm³/mol. The molecule has 0 N–H and O–H groups in total. The van der Waals surface area contributed by atoms with E-state index >= 15 is 0 Å². The number of rotatable bonds is 5. The fourth-order valence-electron chi connectivity index (χ4n) is 2.83. The molecule has 0 amide bonds. The highest BCUT2D eigenvalue weighted by Gasteiger charge is 2.22. The monoisotopic (exact) mass is 265 g/mol. The number of ether oxygens (including phenoxy) is 1. The van der Waals surface area contributed by atoms with E-state index in [1.165, 1.54) is 39.2 Å². The maximum Gasteiger partial charge on any atom is 0.360 e. The molecule has 0 atom stereocenters. The van der Waals surface area contributed by atoms with Crippen LogP contribution in [0.25, 0.3) is 0 Å². The molecule has 0 radical (unpaired) electrons. The topological polar surface area (TPSA) is 57.0 Å². The zero-order valence-electron chi connectivity index (χ0n) is 11.9. The van der Waals surface area contributed by atoms with Crippen molar-refractivity contribution in [2.24, 2.45) is 5.92 Å². The van der Waals surface area contributed by atoms with E-state index in [0.29, 0.717) is 11.6 Å². The van der Waals surface area contributed by atoms with Crippen molar-refractivity contribution >= 4 is 5.97 Å². The summed E-state index contributed by atoms with van der Waals surface area (Å²) in [6.45, 7) is 2.98. The fourth-order valence-corrected chi connectivity index (χ4v) is 2.83. The van der Waals surface area contributed by atoms with Crippen LogP contribution in [0, 0.1) is 5.92 Å². The molecule has 19 heavy (non-hydrogen) atoms. The summed E-state index contributed by atoms with van der Waals surface area (Å²) in [7, 11) is 1.39. The van der Waals surface area contributed by atoms with Gasteiger partial charge in [0.1, 0.15) is 0 Å². The number of carbonyl (C=O) groups excluding carboxylic acids is 1. The molecule has 1 fully saturated rings. The maximum absolute atomic E-state index is 11.7. The van der Waals surface area contributed by atoms with Gasteiger partial charge in [0, 0.05) is 6.54 Å². The van der Waals surface area contributed by atoms with Crippen LogP contribution in [0.15, 0.2) is 0 Å². The van der Waals surface area contributed by atoms with E-state index in [-0.39, 0.29) is 5.97 Å². The van der Waals surface area contributed by atoms with Crippen LogP contribution in [-0.4, -0.2) is 28.1 Å².